The fourth-order valence-electron chi connectivity index (χ4n) is 4.05. The van der Waals surface area contributed by atoms with E-state index in [1.54, 1.807) is 0 Å². The summed E-state index contributed by atoms with van der Waals surface area (Å²) in [5.74, 6) is 1.80. The molecule has 3 fully saturated rings. The van der Waals surface area contributed by atoms with Crippen molar-refractivity contribution in [3.05, 3.63) is 23.9 Å². The molecule has 0 bridgehead atoms. The first-order valence-electron chi connectivity index (χ1n) is 9.89. The van der Waals surface area contributed by atoms with Crippen molar-refractivity contribution in [3.63, 3.8) is 0 Å². The minimum Gasteiger partial charge on any atom is -0.356 e. The van der Waals surface area contributed by atoms with E-state index in [0.29, 0.717) is 18.1 Å². The summed E-state index contributed by atoms with van der Waals surface area (Å²) in [6, 6.07) is 7.55. The molecule has 1 saturated heterocycles. The fraction of sp³-hybridized carbons (Fsp3) is 0.700. The van der Waals surface area contributed by atoms with Crippen LogP contribution in [0.1, 0.15) is 51.1 Å². The Kier molecular flexibility index (Phi) is 4.57. The standard InChI is InChI=1S/C20H30N4O/c1-14-4-3-5-19(21-14)23-12-10-17(11-13-23)22-20(25)24(18-8-9-18)15(2)16-6-7-16/h3-5,15-18H,6-13H2,1-2H3,(H,22,25)/t15-/m0/s1. The molecule has 1 atom stereocenters. The summed E-state index contributed by atoms with van der Waals surface area (Å²) in [7, 11) is 0. The van der Waals surface area contributed by atoms with E-state index in [0.717, 1.165) is 43.4 Å². The molecule has 5 nitrogen and oxygen atoms in total. The highest BCUT2D eigenvalue weighted by atomic mass is 16.2. The van der Waals surface area contributed by atoms with Crippen molar-refractivity contribution in [3.8, 4) is 0 Å². The van der Waals surface area contributed by atoms with Crippen LogP contribution >= 0.6 is 0 Å². The van der Waals surface area contributed by atoms with Gasteiger partial charge in [0.1, 0.15) is 5.82 Å². The van der Waals surface area contributed by atoms with Gasteiger partial charge in [0.25, 0.3) is 0 Å². The first kappa shape index (κ1) is 16.7. The molecule has 2 amide bonds. The Balaban J connectivity index is 1.31. The van der Waals surface area contributed by atoms with E-state index >= 15 is 0 Å². The molecule has 2 aliphatic carbocycles. The topological polar surface area (TPSA) is 48.5 Å². The molecule has 1 aromatic heterocycles. The van der Waals surface area contributed by atoms with Gasteiger partial charge in [0.15, 0.2) is 0 Å². The Bertz CT molecular complexity index is 618. The molecule has 5 heteroatoms. The summed E-state index contributed by atoms with van der Waals surface area (Å²) in [5.41, 5.74) is 1.06. The maximum Gasteiger partial charge on any atom is 0.318 e. The zero-order valence-corrected chi connectivity index (χ0v) is 15.4. The lowest BCUT2D eigenvalue weighted by molar-refractivity contribution is 0.161. The molecule has 0 spiro atoms. The molecule has 3 aliphatic rings. The first-order valence-corrected chi connectivity index (χ1v) is 9.89. The summed E-state index contributed by atoms with van der Waals surface area (Å²) >= 11 is 0. The largest absolute Gasteiger partial charge is 0.356 e. The number of hydrogen-bond donors (Lipinski definition) is 1. The van der Waals surface area contributed by atoms with E-state index < -0.39 is 0 Å². The Morgan fingerprint density at radius 3 is 2.52 bits per heavy atom. The summed E-state index contributed by atoms with van der Waals surface area (Å²) in [4.78, 5) is 22.0. The monoisotopic (exact) mass is 342 g/mol. The maximum atomic E-state index is 12.9. The van der Waals surface area contributed by atoms with Crippen LogP contribution in [0.15, 0.2) is 18.2 Å². The minimum absolute atomic E-state index is 0.175. The van der Waals surface area contributed by atoms with Gasteiger partial charge in [-0.15, -0.1) is 0 Å². The smallest absolute Gasteiger partial charge is 0.318 e. The summed E-state index contributed by atoms with van der Waals surface area (Å²) in [5, 5.41) is 3.33. The maximum absolute atomic E-state index is 12.9. The van der Waals surface area contributed by atoms with Gasteiger partial charge in [0.2, 0.25) is 0 Å². The average Bonchev–Trinajstić information content (AvgIpc) is 3.48. The Morgan fingerprint density at radius 1 is 1.20 bits per heavy atom. The number of piperidine rings is 1. The van der Waals surface area contributed by atoms with Gasteiger partial charge in [-0.1, -0.05) is 6.07 Å². The predicted molar refractivity (Wildman–Crippen MR) is 99.8 cm³/mol. The number of pyridine rings is 1. The van der Waals surface area contributed by atoms with Gasteiger partial charge in [-0.3, -0.25) is 0 Å². The van der Waals surface area contributed by atoms with Crippen molar-refractivity contribution in [1.29, 1.82) is 0 Å². The molecule has 0 unspecified atom stereocenters. The van der Waals surface area contributed by atoms with Gasteiger partial charge in [0.05, 0.1) is 0 Å². The van der Waals surface area contributed by atoms with E-state index in [1.807, 2.05) is 13.0 Å². The zero-order valence-electron chi connectivity index (χ0n) is 15.4. The van der Waals surface area contributed by atoms with Crippen molar-refractivity contribution < 1.29 is 4.79 Å². The van der Waals surface area contributed by atoms with E-state index in [2.05, 4.69) is 39.2 Å². The molecule has 2 heterocycles. The summed E-state index contributed by atoms with van der Waals surface area (Å²) in [6.07, 6.45) is 6.94. The second-order valence-corrected chi connectivity index (χ2v) is 8.06. The van der Waals surface area contributed by atoms with Gasteiger partial charge in [-0.2, -0.15) is 0 Å². The first-order chi connectivity index (χ1) is 12.1. The average molecular weight is 342 g/mol. The Morgan fingerprint density at radius 2 is 1.92 bits per heavy atom. The number of hydrogen-bond acceptors (Lipinski definition) is 3. The molecular formula is C20H30N4O. The number of carbonyl (C=O) groups is 1. The number of anilines is 1. The van der Waals surface area contributed by atoms with Crippen LogP contribution in [0, 0.1) is 12.8 Å². The molecule has 1 N–H and O–H groups in total. The van der Waals surface area contributed by atoms with Crippen molar-refractivity contribution >= 4 is 11.8 Å². The number of rotatable bonds is 5. The second-order valence-electron chi connectivity index (χ2n) is 8.06. The third-order valence-corrected chi connectivity index (χ3v) is 5.94. The van der Waals surface area contributed by atoms with Crippen molar-refractivity contribution in [2.75, 3.05) is 18.0 Å². The van der Waals surface area contributed by atoms with E-state index in [9.17, 15) is 4.79 Å². The van der Waals surface area contributed by atoms with E-state index in [-0.39, 0.29) is 6.03 Å². The normalized spacial score (nSPS) is 22.6. The quantitative estimate of drug-likeness (QED) is 0.893. The number of carbonyl (C=O) groups excluding carboxylic acids is 1. The van der Waals surface area contributed by atoms with Crippen molar-refractivity contribution in [1.82, 2.24) is 15.2 Å². The number of aryl methyl sites for hydroxylation is 1. The Hall–Kier alpha value is -1.78. The zero-order chi connectivity index (χ0) is 17.4. The fourth-order valence-corrected chi connectivity index (χ4v) is 4.05. The number of amides is 2. The predicted octanol–water partition coefficient (Wildman–Crippen LogP) is 3.33. The molecule has 2 saturated carbocycles. The van der Waals surface area contributed by atoms with Crippen LogP contribution in [0.3, 0.4) is 0 Å². The summed E-state index contributed by atoms with van der Waals surface area (Å²) < 4.78 is 0. The summed E-state index contributed by atoms with van der Waals surface area (Å²) in [6.45, 7) is 6.19. The second kappa shape index (κ2) is 6.85. The molecule has 4 rings (SSSR count). The lowest BCUT2D eigenvalue weighted by atomic mass is 10.0. The van der Waals surface area contributed by atoms with E-state index in [4.69, 9.17) is 0 Å². The molecule has 0 radical (unpaired) electrons. The Labute approximate surface area is 150 Å². The van der Waals surface area contributed by atoms with Crippen LogP contribution in [0.25, 0.3) is 0 Å². The SMILES string of the molecule is Cc1cccc(N2CCC(NC(=O)N(C3CC3)[C@@H](C)C3CC3)CC2)n1. The highest BCUT2D eigenvalue weighted by molar-refractivity contribution is 5.75. The van der Waals surface area contributed by atoms with Crippen LogP contribution in [0.4, 0.5) is 10.6 Å². The van der Waals surface area contributed by atoms with Crippen LogP contribution in [0.2, 0.25) is 0 Å². The van der Waals surface area contributed by atoms with Crippen LogP contribution in [-0.4, -0.2) is 47.1 Å². The minimum atomic E-state index is 0.175. The molecule has 136 valence electrons. The number of nitrogens with one attached hydrogen (secondary N) is 1. The highest BCUT2D eigenvalue weighted by Gasteiger charge is 2.42. The molecular weight excluding hydrogens is 312 g/mol. The lowest BCUT2D eigenvalue weighted by Gasteiger charge is -2.36. The number of nitrogens with zero attached hydrogens (tertiary/aromatic N) is 3. The third-order valence-electron chi connectivity index (χ3n) is 5.94. The molecule has 25 heavy (non-hydrogen) atoms. The van der Waals surface area contributed by atoms with Crippen molar-refractivity contribution in [2.24, 2.45) is 5.92 Å². The van der Waals surface area contributed by atoms with Gasteiger partial charge >= 0.3 is 6.03 Å². The van der Waals surface area contributed by atoms with Gasteiger partial charge in [0, 0.05) is 36.9 Å². The van der Waals surface area contributed by atoms with Crippen molar-refractivity contribution in [2.45, 2.75) is 70.5 Å². The number of aromatic nitrogens is 1. The van der Waals surface area contributed by atoms with Crippen LogP contribution in [-0.2, 0) is 0 Å². The lowest BCUT2D eigenvalue weighted by Crippen LogP contribution is -2.52. The van der Waals surface area contributed by atoms with Gasteiger partial charge in [-0.25, -0.2) is 9.78 Å². The van der Waals surface area contributed by atoms with Gasteiger partial charge in [-0.05, 0) is 70.4 Å². The number of urea groups is 1. The molecule has 1 aliphatic heterocycles. The van der Waals surface area contributed by atoms with E-state index in [1.165, 1.54) is 25.7 Å². The molecule has 0 aromatic carbocycles. The highest BCUT2D eigenvalue weighted by Crippen LogP contribution is 2.39. The van der Waals surface area contributed by atoms with Crippen LogP contribution < -0.4 is 10.2 Å². The van der Waals surface area contributed by atoms with Gasteiger partial charge < -0.3 is 15.1 Å². The third kappa shape index (κ3) is 3.91. The van der Waals surface area contributed by atoms with Crippen LogP contribution in [0.5, 0.6) is 0 Å². The molecule has 1 aromatic rings.